The van der Waals surface area contributed by atoms with Crippen molar-refractivity contribution in [3.8, 4) is 0 Å². The first-order chi connectivity index (χ1) is 14.3. The molecule has 0 bridgehead atoms. The number of rotatable bonds is 8. The maximum Gasteiger partial charge on any atom is 0.408 e. The molecule has 2 N–H and O–H groups in total. The molecule has 2 unspecified atom stereocenters. The fraction of sp³-hybridized carbons (Fsp3) is 0.625. The van der Waals surface area contributed by atoms with Gasteiger partial charge in [0, 0.05) is 12.6 Å². The smallest absolute Gasteiger partial charge is 0.408 e. The van der Waals surface area contributed by atoms with Crippen LogP contribution in [-0.2, 0) is 14.3 Å². The highest BCUT2D eigenvalue weighted by atomic mass is 16.6. The zero-order valence-electron chi connectivity index (χ0n) is 20.4. The van der Waals surface area contributed by atoms with Gasteiger partial charge in [0.1, 0.15) is 17.7 Å². The molecular formula is C24H39N3O4. The maximum atomic E-state index is 13.6. The van der Waals surface area contributed by atoms with E-state index in [0.29, 0.717) is 6.54 Å². The Hall–Kier alpha value is -2.57. The van der Waals surface area contributed by atoms with Gasteiger partial charge in [-0.3, -0.25) is 9.59 Å². The van der Waals surface area contributed by atoms with Crippen LogP contribution in [-0.4, -0.2) is 47.0 Å². The number of benzene rings is 1. The van der Waals surface area contributed by atoms with E-state index in [9.17, 15) is 14.4 Å². The lowest BCUT2D eigenvalue weighted by molar-refractivity contribution is -0.143. The second-order valence-corrected chi connectivity index (χ2v) is 9.41. The van der Waals surface area contributed by atoms with E-state index in [0.717, 1.165) is 11.1 Å². The van der Waals surface area contributed by atoms with Gasteiger partial charge in [-0.05, 0) is 65.5 Å². The zero-order chi connectivity index (χ0) is 23.9. The number of nitrogens with one attached hydrogen (secondary N) is 2. The van der Waals surface area contributed by atoms with E-state index in [1.807, 2.05) is 65.8 Å². The van der Waals surface area contributed by atoms with Gasteiger partial charge >= 0.3 is 6.09 Å². The Balaban J connectivity index is 3.33. The van der Waals surface area contributed by atoms with E-state index in [1.165, 1.54) is 4.90 Å². The number of hydrogen-bond acceptors (Lipinski definition) is 4. The molecule has 7 heteroatoms. The van der Waals surface area contributed by atoms with Crippen LogP contribution < -0.4 is 10.6 Å². The highest BCUT2D eigenvalue weighted by molar-refractivity contribution is 5.92. The lowest BCUT2D eigenvalue weighted by Gasteiger charge is -2.35. The summed E-state index contributed by atoms with van der Waals surface area (Å²) < 4.78 is 5.35. The Morgan fingerprint density at radius 1 is 1.03 bits per heavy atom. The van der Waals surface area contributed by atoms with Crippen molar-refractivity contribution < 1.29 is 19.1 Å². The Labute approximate surface area is 186 Å². The number of nitrogens with zero attached hydrogens (tertiary/aromatic N) is 1. The molecule has 1 rings (SSSR count). The standard InChI is InChI=1S/C24H39N3O4/c1-10-27(22(29)19(15(2)3)26-23(30)31-24(7,8)9)20(21(28)25-16(4)5)18-14-12-11-13-17(18)6/h11-16,19-20H,10H2,1-9H3,(H,25,28)(H,26,30). The second kappa shape index (κ2) is 11.2. The number of ether oxygens (including phenoxy) is 1. The van der Waals surface area contributed by atoms with Gasteiger partial charge in [0.2, 0.25) is 11.8 Å². The van der Waals surface area contributed by atoms with Crippen molar-refractivity contribution in [1.29, 1.82) is 0 Å². The van der Waals surface area contributed by atoms with Gasteiger partial charge in [-0.15, -0.1) is 0 Å². The second-order valence-electron chi connectivity index (χ2n) is 9.41. The maximum absolute atomic E-state index is 13.6. The van der Waals surface area contributed by atoms with Crippen molar-refractivity contribution in [2.75, 3.05) is 6.54 Å². The van der Waals surface area contributed by atoms with E-state index in [-0.39, 0.29) is 23.8 Å². The average molecular weight is 434 g/mol. The molecule has 1 aromatic carbocycles. The topological polar surface area (TPSA) is 87.7 Å². The van der Waals surface area contributed by atoms with Crippen LogP contribution >= 0.6 is 0 Å². The molecule has 0 saturated carbocycles. The molecule has 0 radical (unpaired) electrons. The van der Waals surface area contributed by atoms with Gasteiger partial charge in [0.25, 0.3) is 0 Å². The van der Waals surface area contributed by atoms with Crippen LogP contribution in [0.15, 0.2) is 24.3 Å². The monoisotopic (exact) mass is 433 g/mol. The highest BCUT2D eigenvalue weighted by Gasteiger charge is 2.37. The van der Waals surface area contributed by atoms with Crippen molar-refractivity contribution in [3.05, 3.63) is 35.4 Å². The number of carbonyl (C=O) groups excluding carboxylic acids is 3. The van der Waals surface area contributed by atoms with Gasteiger partial charge in [0.15, 0.2) is 0 Å². The molecule has 7 nitrogen and oxygen atoms in total. The number of carbonyl (C=O) groups is 3. The largest absolute Gasteiger partial charge is 0.444 e. The molecule has 1 aromatic rings. The molecule has 0 aliphatic heterocycles. The fourth-order valence-corrected chi connectivity index (χ4v) is 3.30. The lowest BCUT2D eigenvalue weighted by atomic mass is 9.96. The number of aryl methyl sites for hydroxylation is 1. The van der Waals surface area contributed by atoms with Crippen LogP contribution in [0.25, 0.3) is 0 Å². The number of amides is 3. The summed E-state index contributed by atoms with van der Waals surface area (Å²) in [6.07, 6.45) is -0.658. The minimum atomic E-state index is -0.826. The Kier molecular flexibility index (Phi) is 9.53. The molecule has 2 atom stereocenters. The van der Waals surface area contributed by atoms with Crippen LogP contribution in [0.2, 0.25) is 0 Å². The van der Waals surface area contributed by atoms with Crippen LogP contribution in [0.5, 0.6) is 0 Å². The van der Waals surface area contributed by atoms with Gasteiger partial charge in [-0.25, -0.2) is 4.79 Å². The minimum Gasteiger partial charge on any atom is -0.444 e. The Bertz CT molecular complexity index is 768. The van der Waals surface area contributed by atoms with Crippen molar-refractivity contribution in [3.63, 3.8) is 0 Å². The van der Waals surface area contributed by atoms with E-state index >= 15 is 0 Å². The van der Waals surface area contributed by atoms with Crippen molar-refractivity contribution in [1.82, 2.24) is 15.5 Å². The summed E-state index contributed by atoms with van der Waals surface area (Å²) in [7, 11) is 0. The molecule has 0 aliphatic rings. The average Bonchev–Trinajstić information content (AvgIpc) is 2.62. The highest BCUT2D eigenvalue weighted by Crippen LogP contribution is 2.26. The fourth-order valence-electron chi connectivity index (χ4n) is 3.30. The molecule has 0 saturated heterocycles. The van der Waals surface area contributed by atoms with Crippen molar-refractivity contribution in [2.45, 2.75) is 86.0 Å². The lowest BCUT2D eigenvalue weighted by Crippen LogP contribution is -2.55. The summed E-state index contributed by atoms with van der Waals surface area (Å²) in [5.74, 6) is -0.769. The zero-order valence-corrected chi connectivity index (χ0v) is 20.4. The third kappa shape index (κ3) is 7.89. The van der Waals surface area contributed by atoms with E-state index in [4.69, 9.17) is 4.74 Å². The molecule has 0 fully saturated rings. The minimum absolute atomic E-state index is 0.0754. The normalized spacial score (nSPS) is 13.5. The van der Waals surface area contributed by atoms with E-state index < -0.39 is 23.8 Å². The van der Waals surface area contributed by atoms with Crippen LogP contribution in [0, 0.1) is 12.8 Å². The molecule has 0 aliphatic carbocycles. The summed E-state index contributed by atoms with van der Waals surface area (Å²) in [5.41, 5.74) is 0.995. The molecule has 0 spiro atoms. The van der Waals surface area contributed by atoms with Crippen LogP contribution in [0.1, 0.15) is 72.6 Å². The van der Waals surface area contributed by atoms with Gasteiger partial charge < -0.3 is 20.3 Å². The molecular weight excluding hydrogens is 394 g/mol. The first-order valence-electron chi connectivity index (χ1n) is 10.9. The summed E-state index contributed by atoms with van der Waals surface area (Å²) in [4.78, 5) is 40.7. The van der Waals surface area contributed by atoms with Crippen molar-refractivity contribution in [2.24, 2.45) is 5.92 Å². The summed E-state index contributed by atoms with van der Waals surface area (Å²) in [6.45, 7) is 16.8. The Morgan fingerprint density at radius 2 is 1.61 bits per heavy atom. The first kappa shape index (κ1) is 26.5. The summed E-state index contributed by atoms with van der Waals surface area (Å²) >= 11 is 0. The van der Waals surface area contributed by atoms with Crippen molar-refractivity contribution >= 4 is 17.9 Å². The third-order valence-corrected chi connectivity index (χ3v) is 4.70. The van der Waals surface area contributed by atoms with E-state index in [1.54, 1.807) is 20.8 Å². The quantitative estimate of drug-likeness (QED) is 0.650. The number of alkyl carbamates (subject to hydrolysis) is 1. The molecule has 3 amide bonds. The first-order valence-corrected chi connectivity index (χ1v) is 10.9. The molecule has 0 aromatic heterocycles. The van der Waals surface area contributed by atoms with Gasteiger partial charge in [-0.1, -0.05) is 38.1 Å². The molecule has 31 heavy (non-hydrogen) atoms. The summed E-state index contributed by atoms with van der Waals surface area (Å²) in [6, 6.07) is 5.83. The van der Waals surface area contributed by atoms with Crippen LogP contribution in [0.3, 0.4) is 0 Å². The number of hydrogen-bond donors (Lipinski definition) is 2. The third-order valence-electron chi connectivity index (χ3n) is 4.70. The van der Waals surface area contributed by atoms with Gasteiger partial charge in [0.05, 0.1) is 0 Å². The number of likely N-dealkylation sites (N-methyl/N-ethyl adjacent to an activating group) is 1. The molecule has 174 valence electrons. The predicted octanol–water partition coefficient (Wildman–Crippen LogP) is 3.96. The molecule has 0 heterocycles. The predicted molar refractivity (Wildman–Crippen MR) is 123 cm³/mol. The van der Waals surface area contributed by atoms with E-state index in [2.05, 4.69) is 10.6 Å². The SMILES string of the molecule is CCN(C(=O)C(NC(=O)OC(C)(C)C)C(C)C)C(C(=O)NC(C)C)c1ccccc1C. The van der Waals surface area contributed by atoms with Gasteiger partial charge in [-0.2, -0.15) is 0 Å². The summed E-state index contributed by atoms with van der Waals surface area (Å²) in [5, 5.41) is 5.64. The Morgan fingerprint density at radius 3 is 2.06 bits per heavy atom. The van der Waals surface area contributed by atoms with Crippen LogP contribution in [0.4, 0.5) is 4.79 Å².